The SMILES string of the molecule is CN(C1CCOC1)C(CN)c1ccc2ncccc2c1. The van der Waals surface area contributed by atoms with Crippen LogP contribution in [0.4, 0.5) is 0 Å². The van der Waals surface area contributed by atoms with E-state index in [2.05, 4.69) is 41.2 Å². The second kappa shape index (κ2) is 5.87. The van der Waals surface area contributed by atoms with Crippen molar-refractivity contribution in [2.24, 2.45) is 5.73 Å². The van der Waals surface area contributed by atoms with Crippen molar-refractivity contribution >= 4 is 10.9 Å². The van der Waals surface area contributed by atoms with Gasteiger partial charge in [0.25, 0.3) is 0 Å². The normalized spacial score (nSPS) is 20.6. The first-order chi connectivity index (χ1) is 9.79. The summed E-state index contributed by atoms with van der Waals surface area (Å²) in [5.41, 5.74) is 8.30. The minimum Gasteiger partial charge on any atom is -0.380 e. The Morgan fingerprint density at radius 3 is 3.10 bits per heavy atom. The lowest BCUT2D eigenvalue weighted by Gasteiger charge is -2.32. The van der Waals surface area contributed by atoms with Crippen molar-refractivity contribution in [3.05, 3.63) is 42.1 Å². The van der Waals surface area contributed by atoms with Gasteiger partial charge in [0.1, 0.15) is 0 Å². The molecule has 0 bridgehead atoms. The van der Waals surface area contributed by atoms with Crippen LogP contribution in [0.3, 0.4) is 0 Å². The molecule has 2 aromatic rings. The zero-order chi connectivity index (χ0) is 13.9. The highest BCUT2D eigenvalue weighted by molar-refractivity contribution is 5.79. The number of fused-ring (bicyclic) bond motifs is 1. The third-order valence-electron chi connectivity index (χ3n) is 4.21. The van der Waals surface area contributed by atoms with Crippen molar-refractivity contribution in [1.29, 1.82) is 0 Å². The summed E-state index contributed by atoms with van der Waals surface area (Å²) in [5.74, 6) is 0. The van der Waals surface area contributed by atoms with E-state index in [-0.39, 0.29) is 6.04 Å². The van der Waals surface area contributed by atoms with Gasteiger partial charge in [-0.3, -0.25) is 9.88 Å². The summed E-state index contributed by atoms with van der Waals surface area (Å²) in [6.45, 7) is 2.27. The van der Waals surface area contributed by atoms with E-state index in [0.717, 1.165) is 25.2 Å². The molecule has 1 fully saturated rings. The van der Waals surface area contributed by atoms with Crippen molar-refractivity contribution in [1.82, 2.24) is 9.88 Å². The van der Waals surface area contributed by atoms with Gasteiger partial charge in [0.2, 0.25) is 0 Å². The van der Waals surface area contributed by atoms with Crippen LogP contribution in [0.1, 0.15) is 18.0 Å². The first kappa shape index (κ1) is 13.5. The predicted octanol–water partition coefficient (Wildman–Crippen LogP) is 1.96. The molecule has 1 aliphatic heterocycles. The second-order valence-electron chi connectivity index (χ2n) is 5.39. The Balaban J connectivity index is 1.89. The fourth-order valence-corrected chi connectivity index (χ4v) is 2.94. The number of ether oxygens (including phenoxy) is 1. The van der Waals surface area contributed by atoms with Crippen LogP contribution in [0.2, 0.25) is 0 Å². The van der Waals surface area contributed by atoms with Crippen LogP contribution in [-0.4, -0.2) is 42.7 Å². The minimum atomic E-state index is 0.228. The summed E-state index contributed by atoms with van der Waals surface area (Å²) in [5, 5.41) is 1.17. The van der Waals surface area contributed by atoms with Crippen LogP contribution >= 0.6 is 0 Å². The van der Waals surface area contributed by atoms with E-state index >= 15 is 0 Å². The summed E-state index contributed by atoms with van der Waals surface area (Å²) in [4.78, 5) is 6.72. The fraction of sp³-hybridized carbons (Fsp3) is 0.438. The van der Waals surface area contributed by atoms with Gasteiger partial charge in [0, 0.05) is 36.8 Å². The Morgan fingerprint density at radius 1 is 1.45 bits per heavy atom. The van der Waals surface area contributed by atoms with Gasteiger partial charge in [-0.25, -0.2) is 0 Å². The van der Waals surface area contributed by atoms with Crippen molar-refractivity contribution in [2.45, 2.75) is 18.5 Å². The number of aromatic nitrogens is 1. The number of nitrogens with two attached hydrogens (primary N) is 1. The van der Waals surface area contributed by atoms with Gasteiger partial charge in [-0.15, -0.1) is 0 Å². The van der Waals surface area contributed by atoms with E-state index in [1.807, 2.05) is 12.3 Å². The van der Waals surface area contributed by atoms with Crippen LogP contribution in [0, 0.1) is 0 Å². The van der Waals surface area contributed by atoms with Gasteiger partial charge in [-0.1, -0.05) is 12.1 Å². The summed E-state index contributed by atoms with van der Waals surface area (Å²) in [7, 11) is 2.14. The molecule has 2 unspecified atom stereocenters. The van der Waals surface area contributed by atoms with Gasteiger partial charge >= 0.3 is 0 Å². The molecule has 1 saturated heterocycles. The zero-order valence-electron chi connectivity index (χ0n) is 11.8. The number of likely N-dealkylation sites (N-methyl/N-ethyl adjacent to an activating group) is 1. The molecule has 2 heterocycles. The van der Waals surface area contributed by atoms with E-state index < -0.39 is 0 Å². The molecular formula is C16H21N3O. The lowest BCUT2D eigenvalue weighted by molar-refractivity contribution is 0.134. The molecule has 2 atom stereocenters. The summed E-state index contributed by atoms with van der Waals surface area (Å²) in [6, 6.07) is 11.2. The number of hydrogen-bond acceptors (Lipinski definition) is 4. The van der Waals surface area contributed by atoms with E-state index in [9.17, 15) is 0 Å². The molecule has 4 heteroatoms. The minimum absolute atomic E-state index is 0.228. The van der Waals surface area contributed by atoms with Crippen molar-refractivity contribution in [3.8, 4) is 0 Å². The smallest absolute Gasteiger partial charge is 0.0702 e. The molecule has 1 aliphatic rings. The van der Waals surface area contributed by atoms with Crippen molar-refractivity contribution in [3.63, 3.8) is 0 Å². The highest BCUT2D eigenvalue weighted by Crippen LogP contribution is 2.26. The molecule has 0 saturated carbocycles. The van der Waals surface area contributed by atoms with E-state index in [4.69, 9.17) is 10.5 Å². The van der Waals surface area contributed by atoms with Crippen molar-refractivity contribution < 1.29 is 4.74 Å². The quantitative estimate of drug-likeness (QED) is 0.923. The Bertz CT molecular complexity index is 581. The van der Waals surface area contributed by atoms with Crippen LogP contribution in [0.15, 0.2) is 36.5 Å². The van der Waals surface area contributed by atoms with Crippen LogP contribution in [-0.2, 0) is 4.74 Å². The highest BCUT2D eigenvalue weighted by Gasteiger charge is 2.26. The lowest BCUT2D eigenvalue weighted by Crippen LogP contribution is -2.38. The molecule has 3 rings (SSSR count). The largest absolute Gasteiger partial charge is 0.380 e. The molecule has 106 valence electrons. The molecule has 1 aromatic carbocycles. The Kier molecular flexibility index (Phi) is 3.96. The van der Waals surface area contributed by atoms with Gasteiger partial charge in [0.15, 0.2) is 0 Å². The Morgan fingerprint density at radius 2 is 2.35 bits per heavy atom. The summed E-state index contributed by atoms with van der Waals surface area (Å²) >= 11 is 0. The lowest BCUT2D eigenvalue weighted by atomic mass is 10.0. The molecule has 0 amide bonds. The predicted molar refractivity (Wildman–Crippen MR) is 80.5 cm³/mol. The number of hydrogen-bond donors (Lipinski definition) is 1. The average molecular weight is 271 g/mol. The Labute approximate surface area is 119 Å². The fourth-order valence-electron chi connectivity index (χ4n) is 2.94. The van der Waals surface area contributed by atoms with Gasteiger partial charge in [-0.05, 0) is 37.2 Å². The van der Waals surface area contributed by atoms with E-state index in [1.165, 1.54) is 10.9 Å². The molecular weight excluding hydrogens is 250 g/mol. The molecule has 0 aliphatic carbocycles. The van der Waals surface area contributed by atoms with Crippen LogP contribution < -0.4 is 5.73 Å². The third-order valence-corrected chi connectivity index (χ3v) is 4.21. The van der Waals surface area contributed by atoms with Gasteiger partial charge < -0.3 is 10.5 Å². The van der Waals surface area contributed by atoms with E-state index in [1.54, 1.807) is 0 Å². The Hall–Kier alpha value is -1.49. The van der Waals surface area contributed by atoms with Crippen LogP contribution in [0.5, 0.6) is 0 Å². The number of pyridine rings is 1. The maximum Gasteiger partial charge on any atom is 0.0702 e. The topological polar surface area (TPSA) is 51.4 Å². The van der Waals surface area contributed by atoms with Gasteiger partial charge in [0.05, 0.1) is 12.1 Å². The molecule has 4 nitrogen and oxygen atoms in total. The molecule has 2 N–H and O–H groups in total. The first-order valence-corrected chi connectivity index (χ1v) is 7.14. The average Bonchev–Trinajstić information content (AvgIpc) is 3.02. The van der Waals surface area contributed by atoms with Gasteiger partial charge in [-0.2, -0.15) is 0 Å². The second-order valence-corrected chi connectivity index (χ2v) is 5.39. The van der Waals surface area contributed by atoms with Crippen LogP contribution in [0.25, 0.3) is 10.9 Å². The third kappa shape index (κ3) is 2.54. The number of benzene rings is 1. The van der Waals surface area contributed by atoms with Crippen molar-refractivity contribution in [2.75, 3.05) is 26.8 Å². The van der Waals surface area contributed by atoms with E-state index in [0.29, 0.717) is 12.6 Å². The summed E-state index contributed by atoms with van der Waals surface area (Å²) < 4.78 is 5.49. The highest BCUT2D eigenvalue weighted by atomic mass is 16.5. The monoisotopic (exact) mass is 271 g/mol. The maximum absolute atomic E-state index is 6.02. The zero-order valence-corrected chi connectivity index (χ0v) is 11.8. The molecule has 20 heavy (non-hydrogen) atoms. The molecule has 0 spiro atoms. The molecule has 1 aromatic heterocycles. The standard InChI is InChI=1S/C16H21N3O/c1-19(14-6-8-20-11-14)16(10-17)13-4-5-15-12(9-13)3-2-7-18-15/h2-5,7,9,14,16H,6,8,10-11,17H2,1H3. The number of rotatable bonds is 4. The number of nitrogens with zero attached hydrogens (tertiary/aromatic N) is 2. The maximum atomic E-state index is 6.02. The first-order valence-electron chi connectivity index (χ1n) is 7.14. The summed E-state index contributed by atoms with van der Waals surface area (Å²) in [6.07, 6.45) is 2.91. The molecule has 0 radical (unpaired) electrons.